The lowest BCUT2D eigenvalue weighted by molar-refractivity contribution is -0.136. The highest BCUT2D eigenvalue weighted by Gasteiger charge is 2.09. The monoisotopic (exact) mass is 286 g/mol. The molecule has 0 fully saturated rings. The predicted molar refractivity (Wildman–Crippen MR) is 72.0 cm³/mol. The van der Waals surface area contributed by atoms with E-state index in [0.29, 0.717) is 16.5 Å². The number of carboxylic acids is 1. The number of hydrogen-bond acceptors (Lipinski definition) is 3. The van der Waals surface area contributed by atoms with Gasteiger partial charge >= 0.3 is 12.0 Å². The van der Waals surface area contributed by atoms with E-state index in [1.807, 2.05) is 6.92 Å². The SMILES string of the molecule is COc1cc(Cl)c(NC(=O)NCCC(=O)O)cc1C. The maximum absolute atomic E-state index is 11.5. The third kappa shape index (κ3) is 4.67. The molecule has 3 N–H and O–H groups in total. The number of methoxy groups -OCH3 is 1. The van der Waals surface area contributed by atoms with Crippen molar-refractivity contribution in [2.24, 2.45) is 0 Å². The summed E-state index contributed by atoms with van der Waals surface area (Å²) in [5.74, 6) is -0.347. The molecule has 1 rings (SSSR count). The summed E-state index contributed by atoms with van der Waals surface area (Å²) in [6.45, 7) is 1.87. The van der Waals surface area contributed by atoms with Crippen LogP contribution in [0.2, 0.25) is 5.02 Å². The Balaban J connectivity index is 2.64. The molecular formula is C12H15ClN2O4. The molecule has 0 saturated heterocycles. The van der Waals surface area contributed by atoms with E-state index in [9.17, 15) is 9.59 Å². The van der Waals surface area contributed by atoms with Crippen molar-refractivity contribution in [2.75, 3.05) is 19.0 Å². The third-order valence-electron chi connectivity index (χ3n) is 2.36. The lowest BCUT2D eigenvalue weighted by atomic mass is 10.2. The number of halogens is 1. The summed E-state index contributed by atoms with van der Waals surface area (Å²) in [5.41, 5.74) is 1.26. The van der Waals surface area contributed by atoms with E-state index in [4.69, 9.17) is 21.4 Å². The van der Waals surface area contributed by atoms with Crippen LogP contribution < -0.4 is 15.4 Å². The molecule has 0 aliphatic heterocycles. The molecule has 104 valence electrons. The van der Waals surface area contributed by atoms with Crippen LogP contribution in [0.1, 0.15) is 12.0 Å². The first-order valence-electron chi connectivity index (χ1n) is 5.55. The Morgan fingerprint density at radius 3 is 2.68 bits per heavy atom. The summed E-state index contributed by atoms with van der Waals surface area (Å²) in [6.07, 6.45) is -0.136. The summed E-state index contributed by atoms with van der Waals surface area (Å²) in [4.78, 5) is 21.8. The number of carbonyl (C=O) groups is 2. The van der Waals surface area contributed by atoms with Crippen LogP contribution in [-0.2, 0) is 4.79 Å². The summed E-state index contributed by atoms with van der Waals surface area (Å²) < 4.78 is 5.10. The average molecular weight is 287 g/mol. The Bertz CT molecular complexity index is 491. The second-order valence-corrected chi connectivity index (χ2v) is 4.23. The Labute approximate surface area is 115 Å². The highest BCUT2D eigenvalue weighted by molar-refractivity contribution is 6.33. The Morgan fingerprint density at radius 1 is 1.42 bits per heavy atom. The molecule has 0 heterocycles. The second-order valence-electron chi connectivity index (χ2n) is 3.83. The van der Waals surface area contributed by atoms with Crippen LogP contribution in [0.3, 0.4) is 0 Å². The summed E-state index contributed by atoms with van der Waals surface area (Å²) in [6, 6.07) is 2.77. The van der Waals surface area contributed by atoms with Gasteiger partial charge in [-0.05, 0) is 18.6 Å². The maximum Gasteiger partial charge on any atom is 0.319 e. The highest BCUT2D eigenvalue weighted by Crippen LogP contribution is 2.30. The van der Waals surface area contributed by atoms with Gasteiger partial charge < -0.3 is 20.5 Å². The Kier molecular flexibility index (Phi) is 5.44. The molecule has 0 aromatic heterocycles. The van der Waals surface area contributed by atoms with Gasteiger partial charge in [0.25, 0.3) is 0 Å². The van der Waals surface area contributed by atoms with Gasteiger partial charge in [-0.25, -0.2) is 4.79 Å². The van der Waals surface area contributed by atoms with Gasteiger partial charge in [-0.1, -0.05) is 11.6 Å². The topological polar surface area (TPSA) is 87.7 Å². The first-order chi connectivity index (χ1) is 8.93. The zero-order valence-corrected chi connectivity index (χ0v) is 11.4. The number of benzene rings is 1. The summed E-state index contributed by atoms with van der Waals surface area (Å²) >= 11 is 5.99. The predicted octanol–water partition coefficient (Wildman–Crippen LogP) is 2.25. The van der Waals surface area contributed by atoms with Crippen molar-refractivity contribution in [3.8, 4) is 5.75 Å². The van der Waals surface area contributed by atoms with E-state index in [-0.39, 0.29) is 13.0 Å². The fourth-order valence-electron chi connectivity index (χ4n) is 1.43. The van der Waals surface area contributed by atoms with Crippen molar-refractivity contribution >= 4 is 29.3 Å². The number of rotatable bonds is 5. The minimum atomic E-state index is -0.973. The number of aryl methyl sites for hydroxylation is 1. The molecule has 0 radical (unpaired) electrons. The van der Waals surface area contributed by atoms with Gasteiger partial charge in [-0.15, -0.1) is 0 Å². The van der Waals surface area contributed by atoms with Crippen LogP contribution in [0.4, 0.5) is 10.5 Å². The van der Waals surface area contributed by atoms with E-state index < -0.39 is 12.0 Å². The summed E-state index contributed by atoms with van der Waals surface area (Å²) in [5, 5.41) is 13.8. The molecule has 0 bridgehead atoms. The van der Waals surface area contributed by atoms with Crippen LogP contribution in [0, 0.1) is 6.92 Å². The van der Waals surface area contributed by atoms with Crippen molar-refractivity contribution in [1.82, 2.24) is 5.32 Å². The van der Waals surface area contributed by atoms with Crippen molar-refractivity contribution in [3.63, 3.8) is 0 Å². The molecule has 0 aliphatic carbocycles. The van der Waals surface area contributed by atoms with Gasteiger partial charge in [0.05, 0.1) is 24.2 Å². The Hall–Kier alpha value is -1.95. The molecule has 19 heavy (non-hydrogen) atoms. The van der Waals surface area contributed by atoms with E-state index in [0.717, 1.165) is 5.56 Å². The van der Waals surface area contributed by atoms with Gasteiger partial charge in [0.2, 0.25) is 0 Å². The number of carbonyl (C=O) groups excluding carboxylic acids is 1. The number of ether oxygens (including phenoxy) is 1. The molecular weight excluding hydrogens is 272 g/mol. The van der Waals surface area contributed by atoms with Gasteiger partial charge in [0.15, 0.2) is 0 Å². The smallest absolute Gasteiger partial charge is 0.319 e. The van der Waals surface area contributed by atoms with Crippen molar-refractivity contribution in [1.29, 1.82) is 0 Å². The van der Waals surface area contributed by atoms with Gasteiger partial charge in [0.1, 0.15) is 5.75 Å². The second kappa shape index (κ2) is 6.84. The van der Waals surface area contributed by atoms with Crippen molar-refractivity contribution < 1.29 is 19.4 Å². The van der Waals surface area contributed by atoms with Crippen LogP contribution in [0.15, 0.2) is 12.1 Å². The van der Waals surface area contributed by atoms with Crippen LogP contribution >= 0.6 is 11.6 Å². The molecule has 0 saturated carbocycles. The first kappa shape index (κ1) is 15.1. The first-order valence-corrected chi connectivity index (χ1v) is 5.92. The minimum absolute atomic E-state index is 0.0495. The van der Waals surface area contributed by atoms with Crippen LogP contribution in [0.5, 0.6) is 5.75 Å². The molecule has 0 spiro atoms. The quantitative estimate of drug-likeness (QED) is 0.775. The number of hydrogen-bond donors (Lipinski definition) is 3. The zero-order valence-electron chi connectivity index (χ0n) is 10.6. The fourth-order valence-corrected chi connectivity index (χ4v) is 1.63. The van der Waals surface area contributed by atoms with Gasteiger partial charge in [-0.3, -0.25) is 4.79 Å². The molecule has 0 unspecified atom stereocenters. The number of carboxylic acid groups (broad SMARTS) is 1. The lowest BCUT2D eigenvalue weighted by Gasteiger charge is -2.11. The maximum atomic E-state index is 11.5. The lowest BCUT2D eigenvalue weighted by Crippen LogP contribution is -2.30. The zero-order chi connectivity index (χ0) is 14.4. The van der Waals surface area contributed by atoms with Crippen molar-refractivity contribution in [3.05, 3.63) is 22.7 Å². The third-order valence-corrected chi connectivity index (χ3v) is 2.67. The van der Waals surface area contributed by atoms with Crippen LogP contribution in [0.25, 0.3) is 0 Å². The molecule has 0 aliphatic rings. The highest BCUT2D eigenvalue weighted by atomic mass is 35.5. The molecule has 7 heteroatoms. The number of amides is 2. The van der Waals surface area contributed by atoms with E-state index in [1.165, 1.54) is 7.11 Å². The van der Waals surface area contributed by atoms with E-state index in [1.54, 1.807) is 12.1 Å². The number of urea groups is 1. The number of anilines is 1. The van der Waals surface area contributed by atoms with Gasteiger partial charge in [0, 0.05) is 12.6 Å². The largest absolute Gasteiger partial charge is 0.496 e. The minimum Gasteiger partial charge on any atom is -0.496 e. The molecule has 1 aromatic rings. The van der Waals surface area contributed by atoms with Crippen molar-refractivity contribution in [2.45, 2.75) is 13.3 Å². The molecule has 2 amide bonds. The standard InChI is InChI=1S/C12H15ClN2O4/c1-7-5-9(8(13)6-10(7)19-2)15-12(18)14-4-3-11(16)17/h5-6H,3-4H2,1-2H3,(H,16,17)(H2,14,15,18). The normalized spacial score (nSPS) is 9.84. The molecule has 6 nitrogen and oxygen atoms in total. The van der Waals surface area contributed by atoms with Crippen LogP contribution in [-0.4, -0.2) is 30.8 Å². The summed E-state index contributed by atoms with van der Waals surface area (Å²) in [7, 11) is 1.53. The number of nitrogens with one attached hydrogen (secondary N) is 2. The van der Waals surface area contributed by atoms with Gasteiger partial charge in [-0.2, -0.15) is 0 Å². The van der Waals surface area contributed by atoms with E-state index >= 15 is 0 Å². The fraction of sp³-hybridized carbons (Fsp3) is 0.333. The van der Waals surface area contributed by atoms with E-state index in [2.05, 4.69) is 10.6 Å². The average Bonchev–Trinajstić information content (AvgIpc) is 2.32. The molecule has 1 aromatic carbocycles. The Morgan fingerprint density at radius 2 is 2.11 bits per heavy atom. The molecule has 0 atom stereocenters. The number of aliphatic carboxylic acids is 1.